The van der Waals surface area contributed by atoms with Gasteiger partial charge in [0.25, 0.3) is 5.56 Å². The van der Waals surface area contributed by atoms with E-state index in [9.17, 15) is 4.79 Å². The van der Waals surface area contributed by atoms with Crippen molar-refractivity contribution in [2.24, 2.45) is 0 Å². The van der Waals surface area contributed by atoms with Gasteiger partial charge in [-0.25, -0.2) is 0 Å². The minimum atomic E-state index is 0.0894. The molecule has 1 rings (SSSR count). The molecule has 0 N–H and O–H groups in total. The first-order valence-electron chi connectivity index (χ1n) is 7.01. The van der Waals surface area contributed by atoms with Gasteiger partial charge in [-0.15, -0.1) is 0 Å². The normalized spacial score (nSPS) is 10.8. The van der Waals surface area contributed by atoms with Crippen LogP contribution in [0.2, 0.25) is 0 Å². The van der Waals surface area contributed by atoms with Gasteiger partial charge < -0.3 is 4.57 Å². The van der Waals surface area contributed by atoms with Crippen molar-refractivity contribution in [2.75, 3.05) is 0 Å². The highest BCUT2D eigenvalue weighted by Gasteiger charge is 2.01. The SMILES string of the molecule is CCCCCCCCCn1cc(C)cc(Br)c1=O. The minimum absolute atomic E-state index is 0.0894. The lowest BCUT2D eigenvalue weighted by molar-refractivity contribution is 0.541. The Morgan fingerprint density at radius 1 is 1.11 bits per heavy atom. The second-order valence-corrected chi connectivity index (χ2v) is 5.84. The van der Waals surface area contributed by atoms with Gasteiger partial charge in [-0.3, -0.25) is 4.79 Å². The standard InChI is InChI=1S/C15H24BrNO/c1-3-4-5-6-7-8-9-10-17-12-13(2)11-14(16)15(17)18/h11-12H,3-10H2,1-2H3. The molecule has 0 aliphatic heterocycles. The molecule has 0 unspecified atom stereocenters. The van der Waals surface area contributed by atoms with Crippen LogP contribution in [-0.2, 0) is 6.54 Å². The predicted molar refractivity (Wildman–Crippen MR) is 81.1 cm³/mol. The fourth-order valence-corrected chi connectivity index (χ4v) is 2.73. The van der Waals surface area contributed by atoms with E-state index in [0.717, 1.165) is 18.5 Å². The van der Waals surface area contributed by atoms with Crippen molar-refractivity contribution in [1.82, 2.24) is 4.57 Å². The van der Waals surface area contributed by atoms with Gasteiger partial charge in [-0.2, -0.15) is 0 Å². The number of pyridine rings is 1. The van der Waals surface area contributed by atoms with Crippen LogP contribution in [-0.4, -0.2) is 4.57 Å². The molecule has 0 spiro atoms. The summed E-state index contributed by atoms with van der Waals surface area (Å²) in [5.74, 6) is 0. The van der Waals surface area contributed by atoms with Crippen LogP contribution in [0.15, 0.2) is 21.5 Å². The summed E-state index contributed by atoms with van der Waals surface area (Å²) in [5.41, 5.74) is 1.22. The highest BCUT2D eigenvalue weighted by atomic mass is 79.9. The Balaban J connectivity index is 2.29. The second-order valence-electron chi connectivity index (χ2n) is 4.99. The van der Waals surface area contributed by atoms with E-state index in [1.54, 1.807) is 0 Å². The molecule has 0 radical (unpaired) electrons. The first kappa shape index (κ1) is 15.5. The number of hydrogen-bond donors (Lipinski definition) is 0. The molecule has 0 fully saturated rings. The van der Waals surface area contributed by atoms with E-state index >= 15 is 0 Å². The van der Waals surface area contributed by atoms with Crippen LogP contribution < -0.4 is 5.56 Å². The van der Waals surface area contributed by atoms with Gasteiger partial charge in [0.05, 0.1) is 4.47 Å². The molecule has 0 aliphatic carbocycles. The number of unbranched alkanes of at least 4 members (excludes halogenated alkanes) is 6. The van der Waals surface area contributed by atoms with Gasteiger partial charge in [0.2, 0.25) is 0 Å². The van der Waals surface area contributed by atoms with Crippen molar-refractivity contribution in [2.45, 2.75) is 65.3 Å². The maximum Gasteiger partial charge on any atom is 0.264 e. The molecule has 0 aliphatic rings. The van der Waals surface area contributed by atoms with Crippen molar-refractivity contribution < 1.29 is 0 Å². The zero-order valence-corrected chi connectivity index (χ0v) is 13.1. The van der Waals surface area contributed by atoms with E-state index in [1.165, 1.54) is 38.5 Å². The number of halogens is 1. The summed E-state index contributed by atoms with van der Waals surface area (Å²) >= 11 is 3.31. The highest BCUT2D eigenvalue weighted by molar-refractivity contribution is 9.10. The molecule has 2 nitrogen and oxygen atoms in total. The Kier molecular flexibility index (Phi) is 7.33. The van der Waals surface area contributed by atoms with E-state index in [-0.39, 0.29) is 5.56 Å². The molecular formula is C15H24BrNO. The van der Waals surface area contributed by atoms with Crippen LogP contribution in [0, 0.1) is 6.92 Å². The molecule has 1 aromatic heterocycles. The molecule has 0 amide bonds. The maximum atomic E-state index is 11.8. The Hall–Kier alpha value is -0.570. The van der Waals surface area contributed by atoms with Crippen molar-refractivity contribution in [1.29, 1.82) is 0 Å². The van der Waals surface area contributed by atoms with Crippen LogP contribution in [0.3, 0.4) is 0 Å². The smallest absolute Gasteiger partial charge is 0.264 e. The summed E-state index contributed by atoms with van der Waals surface area (Å²) in [4.78, 5) is 11.8. The van der Waals surface area contributed by atoms with E-state index in [0.29, 0.717) is 4.47 Å². The maximum absolute atomic E-state index is 11.8. The quantitative estimate of drug-likeness (QED) is 0.639. The zero-order chi connectivity index (χ0) is 13.4. The van der Waals surface area contributed by atoms with Crippen molar-refractivity contribution in [3.63, 3.8) is 0 Å². The predicted octanol–water partition coefficient (Wildman–Crippen LogP) is 4.67. The number of aromatic nitrogens is 1. The van der Waals surface area contributed by atoms with Crippen LogP contribution >= 0.6 is 15.9 Å². The Morgan fingerprint density at radius 3 is 2.39 bits per heavy atom. The third-order valence-electron chi connectivity index (χ3n) is 3.18. The molecule has 18 heavy (non-hydrogen) atoms. The van der Waals surface area contributed by atoms with Gasteiger partial charge in [-0.1, -0.05) is 45.4 Å². The summed E-state index contributed by atoms with van der Waals surface area (Å²) < 4.78 is 2.50. The second kappa shape index (κ2) is 8.52. The van der Waals surface area contributed by atoms with E-state index < -0.39 is 0 Å². The molecule has 1 heterocycles. The van der Waals surface area contributed by atoms with Gasteiger partial charge >= 0.3 is 0 Å². The summed E-state index contributed by atoms with van der Waals surface area (Å²) in [6, 6.07) is 1.88. The highest BCUT2D eigenvalue weighted by Crippen LogP contribution is 2.09. The van der Waals surface area contributed by atoms with Gasteiger partial charge in [0.15, 0.2) is 0 Å². The molecule has 0 saturated heterocycles. The summed E-state index contributed by atoms with van der Waals surface area (Å²) in [5, 5.41) is 0. The molecule has 0 aromatic carbocycles. The number of nitrogens with zero attached hydrogens (tertiary/aromatic N) is 1. The molecule has 0 atom stereocenters. The number of rotatable bonds is 8. The third kappa shape index (κ3) is 5.38. The summed E-state index contributed by atoms with van der Waals surface area (Å²) in [6.45, 7) is 5.10. The van der Waals surface area contributed by atoms with Crippen LogP contribution in [0.25, 0.3) is 0 Å². The fraction of sp³-hybridized carbons (Fsp3) is 0.667. The fourth-order valence-electron chi connectivity index (χ4n) is 2.15. The molecule has 3 heteroatoms. The Morgan fingerprint density at radius 2 is 1.72 bits per heavy atom. The molecule has 102 valence electrons. The summed E-state index contributed by atoms with van der Waals surface area (Å²) in [7, 11) is 0. The van der Waals surface area contributed by atoms with Crippen molar-refractivity contribution in [3.8, 4) is 0 Å². The van der Waals surface area contributed by atoms with Gasteiger partial charge in [-0.05, 0) is 40.9 Å². The number of aryl methyl sites for hydroxylation is 2. The molecule has 0 saturated carbocycles. The molecule has 0 bridgehead atoms. The van der Waals surface area contributed by atoms with E-state index in [4.69, 9.17) is 0 Å². The first-order chi connectivity index (χ1) is 8.65. The Labute approximate surface area is 119 Å². The van der Waals surface area contributed by atoms with Crippen LogP contribution in [0.1, 0.15) is 57.4 Å². The average Bonchev–Trinajstić information content (AvgIpc) is 2.33. The lowest BCUT2D eigenvalue weighted by Gasteiger charge is -2.07. The monoisotopic (exact) mass is 313 g/mol. The Bertz CT molecular complexity index is 411. The van der Waals surface area contributed by atoms with E-state index in [1.807, 2.05) is 23.8 Å². The topological polar surface area (TPSA) is 22.0 Å². The van der Waals surface area contributed by atoms with Crippen LogP contribution in [0.4, 0.5) is 0 Å². The zero-order valence-electron chi connectivity index (χ0n) is 11.5. The third-order valence-corrected chi connectivity index (χ3v) is 3.75. The molecule has 1 aromatic rings. The molecular weight excluding hydrogens is 290 g/mol. The average molecular weight is 314 g/mol. The van der Waals surface area contributed by atoms with Crippen molar-refractivity contribution >= 4 is 15.9 Å². The van der Waals surface area contributed by atoms with Crippen LogP contribution in [0.5, 0.6) is 0 Å². The number of hydrogen-bond acceptors (Lipinski definition) is 1. The minimum Gasteiger partial charge on any atom is -0.314 e. The van der Waals surface area contributed by atoms with Gasteiger partial charge in [0, 0.05) is 12.7 Å². The largest absolute Gasteiger partial charge is 0.314 e. The summed E-state index contributed by atoms with van der Waals surface area (Å²) in [6.07, 6.45) is 10.9. The van der Waals surface area contributed by atoms with E-state index in [2.05, 4.69) is 22.9 Å². The lowest BCUT2D eigenvalue weighted by atomic mass is 10.1. The lowest BCUT2D eigenvalue weighted by Crippen LogP contribution is -2.20. The van der Waals surface area contributed by atoms with Gasteiger partial charge in [0.1, 0.15) is 0 Å². The van der Waals surface area contributed by atoms with Crippen molar-refractivity contribution in [3.05, 3.63) is 32.7 Å². The first-order valence-corrected chi connectivity index (χ1v) is 7.81.